The Bertz CT molecular complexity index is 862. The molecule has 142 valence electrons. The van der Waals surface area contributed by atoms with Crippen molar-refractivity contribution in [3.8, 4) is 0 Å². The number of thiazole rings is 1. The third-order valence-corrected chi connectivity index (χ3v) is 5.27. The summed E-state index contributed by atoms with van der Waals surface area (Å²) < 4.78 is 2.13. The van der Waals surface area contributed by atoms with Crippen molar-refractivity contribution in [2.45, 2.75) is 40.4 Å². The van der Waals surface area contributed by atoms with Gasteiger partial charge in [-0.15, -0.1) is 11.3 Å². The zero-order chi connectivity index (χ0) is 19.1. The summed E-state index contributed by atoms with van der Waals surface area (Å²) in [5, 5.41) is 7.71. The molecule has 0 fully saturated rings. The number of guanidine groups is 1. The Balaban J connectivity index is 1.64. The van der Waals surface area contributed by atoms with Crippen LogP contribution >= 0.6 is 11.3 Å². The Morgan fingerprint density at radius 2 is 2.00 bits per heavy atom. The Hall–Kier alpha value is -2.67. The van der Waals surface area contributed by atoms with E-state index in [1.54, 1.807) is 11.3 Å². The van der Waals surface area contributed by atoms with Gasteiger partial charge in [0, 0.05) is 30.4 Å². The van der Waals surface area contributed by atoms with Gasteiger partial charge < -0.3 is 15.2 Å². The van der Waals surface area contributed by atoms with Gasteiger partial charge in [-0.1, -0.05) is 30.3 Å². The molecule has 0 atom stereocenters. The highest BCUT2D eigenvalue weighted by atomic mass is 32.1. The van der Waals surface area contributed by atoms with E-state index in [2.05, 4.69) is 63.3 Å². The third kappa shape index (κ3) is 5.40. The monoisotopic (exact) mass is 382 g/mol. The SMILES string of the molecule is CCNC(=NCc1nccn1Cc1ccccc1)NCc1nc(C)c(C)s1. The smallest absolute Gasteiger partial charge is 0.192 e. The van der Waals surface area contributed by atoms with Gasteiger partial charge in [0.1, 0.15) is 17.4 Å². The largest absolute Gasteiger partial charge is 0.357 e. The molecule has 6 nitrogen and oxygen atoms in total. The molecule has 7 heteroatoms. The summed E-state index contributed by atoms with van der Waals surface area (Å²) in [6.45, 7) is 9.00. The number of imidazole rings is 1. The van der Waals surface area contributed by atoms with Crippen molar-refractivity contribution in [3.05, 3.63) is 69.7 Å². The molecule has 3 rings (SSSR count). The Morgan fingerprint density at radius 3 is 2.70 bits per heavy atom. The fraction of sp³-hybridized carbons (Fsp3) is 0.350. The van der Waals surface area contributed by atoms with Crippen LogP contribution in [0.1, 0.15) is 33.9 Å². The summed E-state index contributed by atoms with van der Waals surface area (Å²) in [6.07, 6.45) is 3.83. The first-order valence-electron chi connectivity index (χ1n) is 9.14. The summed E-state index contributed by atoms with van der Waals surface area (Å²) >= 11 is 1.72. The highest BCUT2D eigenvalue weighted by molar-refractivity contribution is 7.11. The minimum absolute atomic E-state index is 0.519. The van der Waals surface area contributed by atoms with Crippen molar-refractivity contribution < 1.29 is 0 Å². The first-order chi connectivity index (χ1) is 13.2. The van der Waals surface area contributed by atoms with Gasteiger partial charge in [-0.25, -0.2) is 15.0 Å². The molecule has 0 aliphatic rings. The van der Waals surface area contributed by atoms with Crippen LogP contribution in [-0.4, -0.2) is 27.0 Å². The molecular formula is C20H26N6S. The van der Waals surface area contributed by atoms with E-state index in [1.165, 1.54) is 10.4 Å². The molecule has 3 aromatic rings. The van der Waals surface area contributed by atoms with E-state index in [0.29, 0.717) is 13.1 Å². The van der Waals surface area contributed by atoms with E-state index in [4.69, 9.17) is 4.99 Å². The standard InChI is InChI=1S/C20H26N6S/c1-4-21-20(24-13-19-25-15(2)16(3)27-19)23-12-18-22-10-11-26(18)14-17-8-6-5-7-9-17/h5-11H,4,12-14H2,1-3H3,(H2,21,23,24). The zero-order valence-electron chi connectivity index (χ0n) is 16.1. The van der Waals surface area contributed by atoms with Gasteiger partial charge in [-0.2, -0.15) is 0 Å². The molecule has 0 aliphatic carbocycles. The lowest BCUT2D eigenvalue weighted by Gasteiger charge is -2.11. The summed E-state index contributed by atoms with van der Waals surface area (Å²) in [7, 11) is 0. The molecule has 27 heavy (non-hydrogen) atoms. The number of benzene rings is 1. The molecule has 0 saturated carbocycles. The predicted molar refractivity (Wildman–Crippen MR) is 111 cm³/mol. The van der Waals surface area contributed by atoms with E-state index in [1.807, 2.05) is 25.4 Å². The molecule has 1 aromatic carbocycles. The highest BCUT2D eigenvalue weighted by Gasteiger charge is 2.06. The van der Waals surface area contributed by atoms with E-state index < -0.39 is 0 Å². The zero-order valence-corrected chi connectivity index (χ0v) is 16.9. The topological polar surface area (TPSA) is 67.1 Å². The minimum atomic E-state index is 0.519. The number of aliphatic imine (C=N–C) groups is 1. The van der Waals surface area contributed by atoms with Gasteiger partial charge in [-0.05, 0) is 26.3 Å². The fourth-order valence-corrected chi connectivity index (χ4v) is 3.56. The number of rotatable bonds is 7. The van der Waals surface area contributed by atoms with Crippen molar-refractivity contribution >= 4 is 17.3 Å². The van der Waals surface area contributed by atoms with Crippen molar-refractivity contribution in [1.29, 1.82) is 0 Å². The second-order valence-corrected chi connectivity index (χ2v) is 7.54. The lowest BCUT2D eigenvalue weighted by molar-refractivity contribution is 0.716. The number of aromatic nitrogens is 3. The Kier molecular flexibility index (Phi) is 6.59. The first kappa shape index (κ1) is 19.1. The van der Waals surface area contributed by atoms with E-state index >= 15 is 0 Å². The van der Waals surface area contributed by atoms with E-state index in [9.17, 15) is 0 Å². The first-order valence-corrected chi connectivity index (χ1v) is 9.96. The summed E-state index contributed by atoms with van der Waals surface area (Å²) in [4.78, 5) is 15.0. The maximum Gasteiger partial charge on any atom is 0.192 e. The van der Waals surface area contributed by atoms with Crippen molar-refractivity contribution in [2.24, 2.45) is 4.99 Å². The highest BCUT2D eigenvalue weighted by Crippen LogP contribution is 2.15. The second kappa shape index (κ2) is 9.32. The van der Waals surface area contributed by atoms with Gasteiger partial charge in [0.05, 0.1) is 12.2 Å². The molecular weight excluding hydrogens is 356 g/mol. The average Bonchev–Trinajstić information content (AvgIpc) is 3.24. The van der Waals surface area contributed by atoms with Crippen LogP contribution in [0.25, 0.3) is 0 Å². The van der Waals surface area contributed by atoms with Crippen LogP contribution in [-0.2, 0) is 19.6 Å². The predicted octanol–water partition coefficient (Wildman–Crippen LogP) is 3.26. The quantitative estimate of drug-likeness (QED) is 0.486. The Morgan fingerprint density at radius 1 is 1.19 bits per heavy atom. The van der Waals surface area contributed by atoms with Gasteiger partial charge in [0.2, 0.25) is 0 Å². The maximum atomic E-state index is 4.69. The molecule has 0 spiro atoms. The maximum absolute atomic E-state index is 4.69. The lowest BCUT2D eigenvalue weighted by Crippen LogP contribution is -2.36. The van der Waals surface area contributed by atoms with Crippen LogP contribution in [0.15, 0.2) is 47.7 Å². The van der Waals surface area contributed by atoms with Gasteiger partial charge in [-0.3, -0.25) is 0 Å². The number of nitrogens with one attached hydrogen (secondary N) is 2. The van der Waals surface area contributed by atoms with Gasteiger partial charge in [0.25, 0.3) is 0 Å². The van der Waals surface area contributed by atoms with Crippen LogP contribution in [0.2, 0.25) is 0 Å². The number of aryl methyl sites for hydroxylation is 2. The van der Waals surface area contributed by atoms with Crippen LogP contribution in [0, 0.1) is 13.8 Å². The summed E-state index contributed by atoms with van der Waals surface area (Å²) in [5.74, 6) is 1.72. The number of hydrogen-bond acceptors (Lipinski definition) is 4. The van der Waals surface area contributed by atoms with Gasteiger partial charge >= 0.3 is 0 Å². The minimum Gasteiger partial charge on any atom is -0.357 e. The van der Waals surface area contributed by atoms with Crippen molar-refractivity contribution in [2.75, 3.05) is 6.54 Å². The van der Waals surface area contributed by atoms with Crippen LogP contribution in [0.5, 0.6) is 0 Å². The molecule has 0 saturated heterocycles. The molecule has 0 amide bonds. The average molecular weight is 383 g/mol. The second-order valence-electron chi connectivity index (χ2n) is 6.25. The molecule has 0 bridgehead atoms. The molecule has 0 radical (unpaired) electrons. The Labute approximate surface area is 164 Å². The van der Waals surface area contributed by atoms with Gasteiger partial charge in [0.15, 0.2) is 5.96 Å². The van der Waals surface area contributed by atoms with Crippen LogP contribution < -0.4 is 10.6 Å². The molecule has 0 aliphatic heterocycles. The van der Waals surface area contributed by atoms with Crippen LogP contribution in [0.4, 0.5) is 0 Å². The number of hydrogen-bond donors (Lipinski definition) is 2. The van der Waals surface area contributed by atoms with E-state index in [0.717, 1.165) is 35.6 Å². The molecule has 2 N–H and O–H groups in total. The van der Waals surface area contributed by atoms with Crippen molar-refractivity contribution in [3.63, 3.8) is 0 Å². The van der Waals surface area contributed by atoms with Crippen molar-refractivity contribution in [1.82, 2.24) is 25.2 Å². The molecule has 2 aromatic heterocycles. The normalized spacial score (nSPS) is 11.6. The van der Waals surface area contributed by atoms with E-state index in [-0.39, 0.29) is 0 Å². The summed E-state index contributed by atoms with van der Waals surface area (Å²) in [5.41, 5.74) is 2.35. The lowest BCUT2D eigenvalue weighted by atomic mass is 10.2. The van der Waals surface area contributed by atoms with Crippen LogP contribution in [0.3, 0.4) is 0 Å². The molecule has 0 unspecified atom stereocenters. The number of nitrogens with zero attached hydrogens (tertiary/aromatic N) is 4. The fourth-order valence-electron chi connectivity index (χ4n) is 2.68. The summed E-state index contributed by atoms with van der Waals surface area (Å²) in [6, 6.07) is 10.4. The third-order valence-electron chi connectivity index (χ3n) is 4.20. The molecule has 2 heterocycles.